The highest BCUT2D eigenvalue weighted by atomic mass is 35.5. The molecule has 0 aliphatic carbocycles. The molecule has 0 spiro atoms. The zero-order valence-electron chi connectivity index (χ0n) is 20.0. The van der Waals surface area contributed by atoms with Gasteiger partial charge in [-0.25, -0.2) is 4.90 Å². The molecule has 0 N–H and O–H groups in total. The number of imide groups is 1. The van der Waals surface area contributed by atoms with Gasteiger partial charge in [0.1, 0.15) is 6.04 Å². The second-order valence-electron chi connectivity index (χ2n) is 9.16. The Bertz CT molecular complexity index is 1190. The van der Waals surface area contributed by atoms with Crippen molar-refractivity contribution in [3.05, 3.63) is 101 Å². The lowest BCUT2D eigenvalue weighted by molar-refractivity contribution is -0.137. The van der Waals surface area contributed by atoms with E-state index >= 15 is 0 Å². The predicted octanol–water partition coefficient (Wildman–Crippen LogP) is 5.41. The van der Waals surface area contributed by atoms with Crippen LogP contribution >= 0.6 is 11.6 Å². The van der Waals surface area contributed by atoms with Crippen molar-refractivity contribution < 1.29 is 14.4 Å². The zero-order valence-corrected chi connectivity index (χ0v) is 20.7. The number of hydrogen-bond acceptors (Lipinski definition) is 3. The smallest absolute Gasteiger partial charge is 0.257 e. The molecule has 1 aliphatic rings. The molecule has 3 aromatic rings. The van der Waals surface area contributed by atoms with Crippen molar-refractivity contribution >= 4 is 35.0 Å². The molecule has 1 atom stereocenters. The van der Waals surface area contributed by atoms with Crippen LogP contribution in [0.15, 0.2) is 78.9 Å². The predicted molar refractivity (Wildman–Crippen MR) is 138 cm³/mol. The van der Waals surface area contributed by atoms with E-state index in [1.165, 1.54) is 4.90 Å². The zero-order chi connectivity index (χ0) is 24.9. The Hall–Kier alpha value is -3.44. The van der Waals surface area contributed by atoms with Crippen LogP contribution in [-0.4, -0.2) is 35.2 Å². The van der Waals surface area contributed by atoms with E-state index in [1.807, 2.05) is 42.5 Å². The van der Waals surface area contributed by atoms with Gasteiger partial charge >= 0.3 is 0 Å². The number of carbonyl (C=O) groups is 3. The quantitative estimate of drug-likeness (QED) is 0.398. The van der Waals surface area contributed by atoms with Gasteiger partial charge in [-0.15, -0.1) is 0 Å². The SMILES string of the molecule is CC(C)c1ccc(N2C(=O)CC(N(CCc3ccccc3)C(=O)Cc3ccc(Cl)cc3)C2=O)cc1. The number of amides is 3. The summed E-state index contributed by atoms with van der Waals surface area (Å²) < 4.78 is 0. The molecule has 1 saturated heterocycles. The van der Waals surface area contributed by atoms with Crippen molar-refractivity contribution in [2.45, 2.75) is 45.1 Å². The van der Waals surface area contributed by atoms with E-state index in [4.69, 9.17) is 11.6 Å². The molecule has 1 heterocycles. The molecule has 3 amide bonds. The fourth-order valence-corrected chi connectivity index (χ4v) is 4.49. The van der Waals surface area contributed by atoms with Crippen LogP contribution in [0.3, 0.4) is 0 Å². The van der Waals surface area contributed by atoms with Gasteiger partial charge in [-0.2, -0.15) is 0 Å². The van der Waals surface area contributed by atoms with Crippen LogP contribution < -0.4 is 4.90 Å². The summed E-state index contributed by atoms with van der Waals surface area (Å²) in [7, 11) is 0. The van der Waals surface area contributed by atoms with Gasteiger partial charge in [-0.3, -0.25) is 14.4 Å². The Morgan fingerprint density at radius 1 is 0.943 bits per heavy atom. The first-order valence-electron chi connectivity index (χ1n) is 11.9. The number of hydrogen-bond donors (Lipinski definition) is 0. The summed E-state index contributed by atoms with van der Waals surface area (Å²) in [6, 6.07) is 23.6. The molecule has 6 heteroatoms. The molecule has 4 rings (SSSR count). The summed E-state index contributed by atoms with van der Waals surface area (Å²) in [4.78, 5) is 42.7. The van der Waals surface area contributed by atoms with Crippen LogP contribution in [0.5, 0.6) is 0 Å². The number of anilines is 1. The summed E-state index contributed by atoms with van der Waals surface area (Å²) in [6.45, 7) is 4.53. The van der Waals surface area contributed by atoms with Crippen molar-refractivity contribution in [2.24, 2.45) is 0 Å². The summed E-state index contributed by atoms with van der Waals surface area (Å²) in [5, 5.41) is 0.595. The molecule has 0 bridgehead atoms. The number of halogens is 1. The van der Waals surface area contributed by atoms with E-state index in [0.29, 0.717) is 29.6 Å². The van der Waals surface area contributed by atoms with Gasteiger partial charge in [0.05, 0.1) is 18.5 Å². The lowest BCUT2D eigenvalue weighted by Gasteiger charge is -2.28. The third kappa shape index (κ3) is 5.80. The summed E-state index contributed by atoms with van der Waals surface area (Å²) in [5.74, 6) is -0.488. The minimum absolute atomic E-state index is 0.0219. The fourth-order valence-electron chi connectivity index (χ4n) is 4.37. The minimum Gasteiger partial charge on any atom is -0.329 e. The highest BCUT2D eigenvalue weighted by Gasteiger charge is 2.44. The standard InChI is InChI=1S/C29H29ClN2O3/c1-20(2)23-10-14-25(15-11-23)32-28(34)19-26(29(32)35)31(17-16-21-6-4-3-5-7-21)27(33)18-22-8-12-24(30)13-9-22/h3-15,20,26H,16-19H2,1-2H3. The first-order chi connectivity index (χ1) is 16.8. The van der Waals surface area contributed by atoms with E-state index in [2.05, 4.69) is 13.8 Å². The van der Waals surface area contributed by atoms with E-state index in [0.717, 1.165) is 16.7 Å². The van der Waals surface area contributed by atoms with Crippen LogP contribution in [0.2, 0.25) is 5.02 Å². The maximum atomic E-state index is 13.5. The number of rotatable bonds is 8. The van der Waals surface area contributed by atoms with Crippen LogP contribution in [-0.2, 0) is 27.2 Å². The summed E-state index contributed by atoms with van der Waals surface area (Å²) in [5.41, 5.74) is 3.55. The Balaban J connectivity index is 1.57. The summed E-state index contributed by atoms with van der Waals surface area (Å²) in [6.07, 6.45) is 0.702. The molecule has 180 valence electrons. The number of carbonyl (C=O) groups excluding carboxylic acids is 3. The second-order valence-corrected chi connectivity index (χ2v) is 9.60. The van der Waals surface area contributed by atoms with Crippen molar-refractivity contribution in [1.29, 1.82) is 0 Å². The van der Waals surface area contributed by atoms with Crippen LogP contribution in [0.1, 0.15) is 42.9 Å². The maximum absolute atomic E-state index is 13.5. The van der Waals surface area contributed by atoms with Gasteiger partial charge in [-0.1, -0.05) is 80.0 Å². The normalized spacial score (nSPS) is 15.7. The van der Waals surface area contributed by atoms with Gasteiger partial charge < -0.3 is 4.90 Å². The average molecular weight is 489 g/mol. The van der Waals surface area contributed by atoms with Gasteiger partial charge in [0.2, 0.25) is 11.8 Å². The van der Waals surface area contributed by atoms with E-state index in [1.54, 1.807) is 41.3 Å². The molecular weight excluding hydrogens is 460 g/mol. The topological polar surface area (TPSA) is 57.7 Å². The Morgan fingerprint density at radius 2 is 1.60 bits per heavy atom. The van der Waals surface area contributed by atoms with Gasteiger partial charge in [0.15, 0.2) is 0 Å². The van der Waals surface area contributed by atoms with E-state index in [-0.39, 0.29) is 30.6 Å². The largest absolute Gasteiger partial charge is 0.329 e. The van der Waals surface area contributed by atoms with Crippen LogP contribution in [0.25, 0.3) is 0 Å². The third-order valence-electron chi connectivity index (χ3n) is 6.39. The van der Waals surface area contributed by atoms with Crippen molar-refractivity contribution in [3.8, 4) is 0 Å². The monoisotopic (exact) mass is 488 g/mol. The van der Waals surface area contributed by atoms with Gasteiger partial charge in [0, 0.05) is 11.6 Å². The lowest BCUT2D eigenvalue weighted by Crippen LogP contribution is -2.47. The number of benzene rings is 3. The molecule has 3 aromatic carbocycles. The van der Waals surface area contributed by atoms with Crippen molar-refractivity contribution in [2.75, 3.05) is 11.4 Å². The molecule has 5 nitrogen and oxygen atoms in total. The molecule has 0 aromatic heterocycles. The van der Waals surface area contributed by atoms with Crippen LogP contribution in [0, 0.1) is 0 Å². The molecule has 1 fully saturated rings. The first kappa shape index (κ1) is 24.7. The first-order valence-corrected chi connectivity index (χ1v) is 12.3. The molecular formula is C29H29ClN2O3. The highest BCUT2D eigenvalue weighted by Crippen LogP contribution is 2.28. The Labute approximate surface area is 211 Å². The molecule has 0 radical (unpaired) electrons. The molecule has 0 saturated carbocycles. The minimum atomic E-state index is -0.823. The van der Waals surface area contributed by atoms with Gasteiger partial charge in [-0.05, 0) is 53.3 Å². The van der Waals surface area contributed by atoms with Crippen molar-refractivity contribution in [1.82, 2.24) is 4.90 Å². The Kier molecular flexibility index (Phi) is 7.67. The van der Waals surface area contributed by atoms with Crippen molar-refractivity contribution in [3.63, 3.8) is 0 Å². The number of nitrogens with zero attached hydrogens (tertiary/aromatic N) is 2. The molecule has 1 unspecified atom stereocenters. The van der Waals surface area contributed by atoms with Crippen LogP contribution in [0.4, 0.5) is 5.69 Å². The second kappa shape index (κ2) is 10.9. The summed E-state index contributed by atoms with van der Waals surface area (Å²) >= 11 is 5.99. The molecule has 35 heavy (non-hydrogen) atoms. The average Bonchev–Trinajstić information content (AvgIpc) is 3.15. The third-order valence-corrected chi connectivity index (χ3v) is 6.64. The van der Waals surface area contributed by atoms with Gasteiger partial charge in [0.25, 0.3) is 5.91 Å². The maximum Gasteiger partial charge on any atom is 0.257 e. The molecule has 1 aliphatic heterocycles. The van der Waals surface area contributed by atoms with E-state index < -0.39 is 6.04 Å². The highest BCUT2D eigenvalue weighted by molar-refractivity contribution is 6.30. The van der Waals surface area contributed by atoms with E-state index in [9.17, 15) is 14.4 Å². The lowest BCUT2D eigenvalue weighted by atomic mass is 10.0. The Morgan fingerprint density at radius 3 is 2.23 bits per heavy atom. The fraction of sp³-hybridized carbons (Fsp3) is 0.276.